The maximum Gasteiger partial charge on any atom is 0.252 e. The highest BCUT2D eigenvalue weighted by atomic mass is 16.5. The van der Waals surface area contributed by atoms with Crippen LogP contribution in [0.1, 0.15) is 28.4 Å². The zero-order valence-electron chi connectivity index (χ0n) is 16.3. The minimum absolute atomic E-state index is 0.321. The Morgan fingerprint density at radius 3 is 2.20 bits per heavy atom. The van der Waals surface area contributed by atoms with E-state index in [1.165, 1.54) is 0 Å². The SMILES string of the molecule is O=C(NC(C(=O)Nc1ccc2c(c1)OCCCO2)c1ccccc1)c1ccccc1. The van der Waals surface area contributed by atoms with Crippen LogP contribution in [-0.2, 0) is 4.79 Å². The van der Waals surface area contributed by atoms with Crippen LogP contribution in [0.25, 0.3) is 0 Å². The molecule has 30 heavy (non-hydrogen) atoms. The Balaban J connectivity index is 1.55. The summed E-state index contributed by atoms with van der Waals surface area (Å²) < 4.78 is 11.3. The second-order valence-corrected chi connectivity index (χ2v) is 6.88. The molecule has 3 aromatic rings. The van der Waals surface area contributed by atoms with Crippen LogP contribution < -0.4 is 20.1 Å². The van der Waals surface area contributed by atoms with Gasteiger partial charge in [0.05, 0.1) is 13.2 Å². The van der Waals surface area contributed by atoms with Gasteiger partial charge in [-0.15, -0.1) is 0 Å². The Hall–Kier alpha value is -3.80. The van der Waals surface area contributed by atoms with Gasteiger partial charge in [0.15, 0.2) is 11.5 Å². The van der Waals surface area contributed by atoms with Gasteiger partial charge in [-0.25, -0.2) is 0 Å². The average molecular weight is 402 g/mol. The normalized spacial score (nSPS) is 13.6. The fourth-order valence-electron chi connectivity index (χ4n) is 3.21. The van der Waals surface area contributed by atoms with Crippen molar-refractivity contribution >= 4 is 17.5 Å². The molecule has 0 saturated carbocycles. The molecule has 1 atom stereocenters. The number of anilines is 1. The molecule has 152 valence electrons. The van der Waals surface area contributed by atoms with E-state index in [0.717, 1.165) is 6.42 Å². The molecule has 0 fully saturated rings. The number of amides is 2. The van der Waals surface area contributed by atoms with E-state index in [4.69, 9.17) is 9.47 Å². The van der Waals surface area contributed by atoms with Crippen LogP contribution in [0.2, 0.25) is 0 Å². The number of carbonyl (C=O) groups excluding carboxylic acids is 2. The first kappa shape index (κ1) is 19.5. The molecule has 0 radical (unpaired) electrons. The molecule has 0 bridgehead atoms. The monoisotopic (exact) mass is 402 g/mol. The van der Waals surface area contributed by atoms with E-state index in [2.05, 4.69) is 10.6 Å². The number of benzene rings is 3. The molecule has 0 spiro atoms. The van der Waals surface area contributed by atoms with Crippen LogP contribution >= 0.6 is 0 Å². The molecule has 1 aliphatic rings. The van der Waals surface area contributed by atoms with Gasteiger partial charge in [0.25, 0.3) is 11.8 Å². The van der Waals surface area contributed by atoms with Crippen LogP contribution in [0.15, 0.2) is 78.9 Å². The molecule has 6 heteroatoms. The molecule has 2 N–H and O–H groups in total. The molecule has 0 aliphatic carbocycles. The third-order valence-corrected chi connectivity index (χ3v) is 4.72. The maximum absolute atomic E-state index is 13.1. The van der Waals surface area contributed by atoms with Gasteiger partial charge in [-0.2, -0.15) is 0 Å². The predicted molar refractivity (Wildman–Crippen MR) is 114 cm³/mol. The lowest BCUT2D eigenvalue weighted by atomic mass is 10.0. The number of rotatable bonds is 5. The number of carbonyl (C=O) groups is 2. The summed E-state index contributed by atoms with van der Waals surface area (Å²) >= 11 is 0. The Labute approximate surface area is 174 Å². The van der Waals surface area contributed by atoms with Crippen LogP contribution in [0, 0.1) is 0 Å². The van der Waals surface area contributed by atoms with Crippen LogP contribution in [0.5, 0.6) is 11.5 Å². The largest absolute Gasteiger partial charge is 0.490 e. The van der Waals surface area contributed by atoms with E-state index < -0.39 is 6.04 Å². The van der Waals surface area contributed by atoms with Crippen molar-refractivity contribution in [2.75, 3.05) is 18.5 Å². The van der Waals surface area contributed by atoms with Crippen molar-refractivity contribution in [3.05, 3.63) is 90.0 Å². The van der Waals surface area contributed by atoms with Gasteiger partial charge < -0.3 is 20.1 Å². The van der Waals surface area contributed by atoms with Gasteiger partial charge in [-0.05, 0) is 29.8 Å². The van der Waals surface area contributed by atoms with Crippen LogP contribution in [0.3, 0.4) is 0 Å². The minimum atomic E-state index is -0.852. The van der Waals surface area contributed by atoms with Crippen LogP contribution in [-0.4, -0.2) is 25.0 Å². The Morgan fingerprint density at radius 2 is 1.47 bits per heavy atom. The summed E-state index contributed by atoms with van der Waals surface area (Å²) in [7, 11) is 0. The Morgan fingerprint density at radius 1 is 0.800 bits per heavy atom. The molecule has 1 heterocycles. The number of fused-ring (bicyclic) bond motifs is 1. The van der Waals surface area contributed by atoms with Gasteiger partial charge >= 0.3 is 0 Å². The quantitative estimate of drug-likeness (QED) is 0.677. The van der Waals surface area contributed by atoms with E-state index >= 15 is 0 Å². The van der Waals surface area contributed by atoms with Gasteiger partial charge in [-0.3, -0.25) is 9.59 Å². The van der Waals surface area contributed by atoms with Crippen molar-refractivity contribution in [2.45, 2.75) is 12.5 Å². The Kier molecular flexibility index (Phi) is 5.94. The third kappa shape index (κ3) is 4.60. The molecule has 1 unspecified atom stereocenters. The summed E-state index contributed by atoms with van der Waals surface area (Å²) in [4.78, 5) is 25.8. The zero-order chi connectivity index (χ0) is 20.8. The predicted octanol–water partition coefficient (Wildman–Crippen LogP) is 3.96. The fraction of sp³-hybridized carbons (Fsp3) is 0.167. The molecule has 1 aliphatic heterocycles. The van der Waals surface area contributed by atoms with Crippen molar-refractivity contribution in [2.24, 2.45) is 0 Å². The van der Waals surface area contributed by atoms with Crippen molar-refractivity contribution in [1.29, 1.82) is 0 Å². The van der Waals surface area contributed by atoms with Crippen molar-refractivity contribution in [3.8, 4) is 11.5 Å². The van der Waals surface area contributed by atoms with Crippen LogP contribution in [0.4, 0.5) is 5.69 Å². The second kappa shape index (κ2) is 9.13. The highest BCUT2D eigenvalue weighted by Crippen LogP contribution is 2.32. The van der Waals surface area contributed by atoms with E-state index in [1.807, 2.05) is 36.4 Å². The first-order valence-corrected chi connectivity index (χ1v) is 9.82. The molecule has 0 aromatic heterocycles. The van der Waals surface area contributed by atoms with Gasteiger partial charge in [0.2, 0.25) is 0 Å². The van der Waals surface area contributed by atoms with Crippen molar-refractivity contribution in [1.82, 2.24) is 5.32 Å². The maximum atomic E-state index is 13.1. The van der Waals surface area contributed by atoms with E-state index in [0.29, 0.717) is 41.5 Å². The van der Waals surface area contributed by atoms with Crippen molar-refractivity contribution < 1.29 is 19.1 Å². The minimum Gasteiger partial charge on any atom is -0.490 e. The summed E-state index contributed by atoms with van der Waals surface area (Å²) in [5, 5.41) is 5.71. The second-order valence-electron chi connectivity index (χ2n) is 6.88. The van der Waals surface area contributed by atoms with Gasteiger partial charge in [0.1, 0.15) is 6.04 Å². The standard InChI is InChI=1S/C24H22N2O4/c27-23(18-10-5-2-6-11-18)26-22(17-8-3-1-4-9-17)24(28)25-19-12-13-20-21(16-19)30-15-7-14-29-20/h1-6,8-13,16,22H,7,14-15H2,(H,25,28)(H,26,27). The van der Waals surface area contributed by atoms with E-state index in [-0.39, 0.29) is 11.8 Å². The number of hydrogen-bond donors (Lipinski definition) is 2. The molecular formula is C24H22N2O4. The Bertz CT molecular complexity index is 1020. The lowest BCUT2D eigenvalue weighted by molar-refractivity contribution is -0.118. The van der Waals surface area contributed by atoms with E-state index in [1.54, 1.807) is 42.5 Å². The number of nitrogens with one attached hydrogen (secondary N) is 2. The third-order valence-electron chi connectivity index (χ3n) is 4.72. The molecular weight excluding hydrogens is 380 g/mol. The fourth-order valence-corrected chi connectivity index (χ4v) is 3.21. The lowest BCUT2D eigenvalue weighted by Gasteiger charge is -2.19. The summed E-state index contributed by atoms with van der Waals surface area (Å²) in [6, 6.07) is 22.4. The van der Waals surface area contributed by atoms with Crippen molar-refractivity contribution in [3.63, 3.8) is 0 Å². The lowest BCUT2D eigenvalue weighted by Crippen LogP contribution is -2.37. The molecule has 0 saturated heterocycles. The first-order valence-electron chi connectivity index (χ1n) is 9.82. The number of hydrogen-bond acceptors (Lipinski definition) is 4. The average Bonchev–Trinajstić information content (AvgIpc) is 3.03. The molecule has 6 nitrogen and oxygen atoms in total. The highest BCUT2D eigenvalue weighted by Gasteiger charge is 2.24. The summed E-state index contributed by atoms with van der Waals surface area (Å²) in [6.07, 6.45) is 0.804. The van der Waals surface area contributed by atoms with Gasteiger partial charge in [-0.1, -0.05) is 48.5 Å². The van der Waals surface area contributed by atoms with Gasteiger partial charge in [0, 0.05) is 23.7 Å². The summed E-state index contributed by atoms with van der Waals surface area (Å²) in [5.74, 6) is 0.579. The highest BCUT2D eigenvalue weighted by molar-refractivity contribution is 6.01. The topological polar surface area (TPSA) is 76.7 Å². The first-order chi connectivity index (χ1) is 14.7. The zero-order valence-corrected chi connectivity index (χ0v) is 16.3. The smallest absolute Gasteiger partial charge is 0.252 e. The summed E-state index contributed by atoms with van der Waals surface area (Å²) in [6.45, 7) is 1.16. The molecule has 4 rings (SSSR count). The molecule has 3 aromatic carbocycles. The van der Waals surface area contributed by atoms with E-state index in [9.17, 15) is 9.59 Å². The number of ether oxygens (including phenoxy) is 2. The molecule has 2 amide bonds. The summed E-state index contributed by atoms with van der Waals surface area (Å²) in [5.41, 5.74) is 1.74.